The second kappa shape index (κ2) is 9.91. The first kappa shape index (κ1) is 25.8. The average molecular weight is 553 g/mol. The fourth-order valence-corrected chi connectivity index (χ4v) is 43.3. The van der Waals surface area contributed by atoms with E-state index in [9.17, 15) is 0 Å². The summed E-state index contributed by atoms with van der Waals surface area (Å²) < 4.78 is 0. The predicted octanol–water partition coefficient (Wildman–Crippen LogP) is 6.94. The Morgan fingerprint density at radius 1 is 0.333 bits per heavy atom. The molecule has 0 aliphatic heterocycles. The van der Waals surface area contributed by atoms with Crippen LogP contribution < -0.4 is 20.7 Å². The molecule has 6 aromatic carbocycles. The van der Waals surface area contributed by atoms with E-state index in [0.717, 1.165) is 0 Å². The van der Waals surface area contributed by atoms with Crippen LogP contribution in [0.1, 0.15) is 0 Å². The normalized spacial score (nSPS) is 15.1. The molecule has 6 rings (SSSR count). The number of hydrogen-bond acceptors (Lipinski definition) is 0. The highest BCUT2D eigenvalue weighted by Gasteiger charge is 2.60. The van der Waals surface area contributed by atoms with Crippen molar-refractivity contribution in [1.82, 2.24) is 0 Å². The van der Waals surface area contributed by atoms with E-state index >= 15 is 0 Å². The molecule has 0 amide bonds. The zero-order valence-electron chi connectivity index (χ0n) is 23.4. The monoisotopic (exact) mass is 552 g/mol. The first-order valence-electron chi connectivity index (χ1n) is 14.0. The first-order chi connectivity index (χ1) is 18.9. The third-order valence-electron chi connectivity index (χ3n) is 9.86. The maximum absolute atomic E-state index is 2.75. The first-order valence-corrected chi connectivity index (χ1v) is 24.0. The van der Waals surface area contributed by atoms with Crippen LogP contribution in [0.15, 0.2) is 146 Å². The van der Waals surface area contributed by atoms with Crippen LogP contribution in [0.25, 0.3) is 21.5 Å². The third kappa shape index (κ3) is 3.91. The van der Waals surface area contributed by atoms with Gasteiger partial charge in [-0.3, -0.25) is 0 Å². The van der Waals surface area contributed by atoms with Crippen LogP contribution in [0.5, 0.6) is 0 Å². The summed E-state index contributed by atoms with van der Waals surface area (Å²) in [6, 6.07) is 55.3. The van der Waals surface area contributed by atoms with Crippen molar-refractivity contribution in [3.8, 4) is 0 Å². The second-order valence-corrected chi connectivity index (χ2v) is 36.6. The molecule has 3 heteroatoms. The zero-order chi connectivity index (χ0) is 27.1. The van der Waals surface area contributed by atoms with E-state index in [2.05, 4.69) is 172 Å². The SMILES string of the molecule is C[Si](C)([Si@](C)(c1ccccc1)c1cccc2ccccc12)[Si@](C)(c1ccccc1)c1cccc2ccccc12. The van der Waals surface area contributed by atoms with Gasteiger partial charge in [-0.2, -0.15) is 0 Å². The lowest BCUT2D eigenvalue weighted by molar-refractivity contribution is 1.69. The molecule has 0 aliphatic carbocycles. The van der Waals surface area contributed by atoms with Crippen molar-refractivity contribution in [3.05, 3.63) is 146 Å². The van der Waals surface area contributed by atoms with E-state index < -0.39 is 22.3 Å². The lowest BCUT2D eigenvalue weighted by Gasteiger charge is -2.53. The van der Waals surface area contributed by atoms with Gasteiger partial charge in [0.2, 0.25) is 0 Å². The number of fused-ring (bicyclic) bond motifs is 2. The highest BCUT2D eigenvalue weighted by atomic mass is 29.6. The minimum atomic E-state index is -2.28. The average Bonchev–Trinajstić information content (AvgIpc) is 3.00. The Balaban J connectivity index is 1.75. The summed E-state index contributed by atoms with van der Waals surface area (Å²) in [4.78, 5) is 0. The molecule has 0 saturated heterocycles. The van der Waals surface area contributed by atoms with Gasteiger partial charge in [-0.15, -0.1) is 0 Å². The van der Waals surface area contributed by atoms with Gasteiger partial charge in [-0.05, 0) is 31.9 Å². The molecule has 0 saturated carbocycles. The van der Waals surface area contributed by atoms with Gasteiger partial charge in [-0.1, -0.05) is 182 Å². The Labute approximate surface area is 235 Å². The molecule has 0 aliphatic rings. The van der Waals surface area contributed by atoms with E-state index in [1.807, 2.05) is 0 Å². The van der Waals surface area contributed by atoms with Gasteiger partial charge in [0.05, 0.1) is 7.11 Å². The van der Waals surface area contributed by atoms with Crippen molar-refractivity contribution in [2.75, 3.05) is 0 Å². The molecule has 0 bridgehead atoms. The number of benzene rings is 6. The predicted molar refractivity (Wildman–Crippen MR) is 180 cm³/mol. The smallest absolute Gasteiger partial charge is 0.0719 e. The molecule has 192 valence electrons. The second-order valence-electron chi connectivity index (χ2n) is 11.7. The fraction of sp³-hybridized carbons (Fsp3) is 0.111. The van der Waals surface area contributed by atoms with Crippen LogP contribution in [0.3, 0.4) is 0 Å². The van der Waals surface area contributed by atoms with Crippen molar-refractivity contribution < 1.29 is 0 Å². The van der Waals surface area contributed by atoms with Gasteiger partial charge in [0.15, 0.2) is 0 Å². The molecule has 39 heavy (non-hydrogen) atoms. The Morgan fingerprint density at radius 2 is 0.667 bits per heavy atom. The Morgan fingerprint density at radius 3 is 1.08 bits per heavy atom. The molecule has 0 fully saturated rings. The van der Waals surface area contributed by atoms with Gasteiger partial charge >= 0.3 is 0 Å². The maximum Gasteiger partial charge on any atom is 0.106 e. The topological polar surface area (TPSA) is 0 Å². The Hall–Kier alpha value is -3.51. The quantitative estimate of drug-likeness (QED) is 0.196. The summed E-state index contributed by atoms with van der Waals surface area (Å²) in [5.74, 6) is 0. The number of hydrogen-bond donors (Lipinski definition) is 0. The molecule has 0 N–H and O–H groups in total. The fourth-order valence-electron chi connectivity index (χ4n) is 7.07. The van der Waals surface area contributed by atoms with Crippen molar-refractivity contribution in [1.29, 1.82) is 0 Å². The van der Waals surface area contributed by atoms with Crippen molar-refractivity contribution in [2.45, 2.75) is 26.2 Å². The third-order valence-corrected chi connectivity index (χ3v) is 48.2. The standard InChI is InChI=1S/C36H36Si3/c1-37(2,38(3,31-21-7-5-8-22-31)35-27-15-19-29-17-11-13-25-33(29)35)39(4,32-23-9-6-10-24-32)36-28-16-20-30-18-12-14-26-34(30)36/h5-28H,1-4H3/t38-,39-/m1/s1. The molecule has 0 nitrogen and oxygen atoms in total. The van der Waals surface area contributed by atoms with Gasteiger partial charge in [0.25, 0.3) is 0 Å². The van der Waals surface area contributed by atoms with Crippen molar-refractivity contribution in [2.24, 2.45) is 0 Å². The van der Waals surface area contributed by atoms with E-state index in [1.54, 1.807) is 20.7 Å². The molecule has 0 aromatic heterocycles. The minimum Gasteiger partial charge on any atom is -0.0719 e. The van der Waals surface area contributed by atoms with E-state index in [1.165, 1.54) is 21.5 Å². The van der Waals surface area contributed by atoms with Gasteiger partial charge in [0, 0.05) is 0 Å². The van der Waals surface area contributed by atoms with E-state index in [0.29, 0.717) is 0 Å². The van der Waals surface area contributed by atoms with E-state index in [-0.39, 0.29) is 0 Å². The van der Waals surface area contributed by atoms with Crippen LogP contribution in [0.4, 0.5) is 0 Å². The summed E-state index contributed by atoms with van der Waals surface area (Å²) in [7, 11) is -6.69. The summed E-state index contributed by atoms with van der Waals surface area (Å²) in [5.41, 5.74) is 0. The summed E-state index contributed by atoms with van der Waals surface area (Å²) in [6.45, 7) is 10.9. The molecule has 6 aromatic rings. The van der Waals surface area contributed by atoms with E-state index in [4.69, 9.17) is 0 Å². The Kier molecular flexibility index (Phi) is 6.54. The molecular weight excluding hydrogens is 517 g/mol. The van der Waals surface area contributed by atoms with Crippen molar-refractivity contribution >= 4 is 64.6 Å². The van der Waals surface area contributed by atoms with Crippen molar-refractivity contribution in [3.63, 3.8) is 0 Å². The summed E-state index contributed by atoms with van der Waals surface area (Å²) in [5, 5.41) is 11.9. The largest absolute Gasteiger partial charge is 0.106 e. The molecular formula is C36H36Si3. The molecule has 0 unspecified atom stereocenters. The molecule has 0 heterocycles. The van der Waals surface area contributed by atoms with Gasteiger partial charge in [-0.25, -0.2) is 0 Å². The van der Waals surface area contributed by atoms with Gasteiger partial charge < -0.3 is 0 Å². The highest BCUT2D eigenvalue weighted by molar-refractivity contribution is 7.78. The zero-order valence-corrected chi connectivity index (χ0v) is 26.4. The van der Waals surface area contributed by atoms with Crippen LogP contribution in [-0.2, 0) is 0 Å². The summed E-state index contributed by atoms with van der Waals surface area (Å²) in [6.07, 6.45) is 0. The maximum atomic E-state index is 2.75. The van der Waals surface area contributed by atoms with Gasteiger partial charge in [0.1, 0.15) is 15.2 Å². The van der Waals surface area contributed by atoms with Crippen LogP contribution in [0.2, 0.25) is 26.2 Å². The van der Waals surface area contributed by atoms with Crippen LogP contribution in [-0.4, -0.2) is 22.3 Å². The highest BCUT2D eigenvalue weighted by Crippen LogP contribution is 2.33. The lowest BCUT2D eigenvalue weighted by Crippen LogP contribution is -2.87. The Bertz CT molecular complexity index is 1620. The van der Waals surface area contributed by atoms with Crippen LogP contribution >= 0.6 is 0 Å². The number of rotatable bonds is 6. The molecule has 2 atom stereocenters. The summed E-state index contributed by atoms with van der Waals surface area (Å²) >= 11 is 0. The lowest BCUT2D eigenvalue weighted by atomic mass is 10.1. The molecule has 0 spiro atoms. The minimum absolute atomic E-state index is 1.35. The molecule has 0 radical (unpaired) electrons. The van der Waals surface area contributed by atoms with Crippen LogP contribution in [0, 0.1) is 0 Å².